The summed E-state index contributed by atoms with van der Waals surface area (Å²) < 4.78 is 1.78. The molecule has 1 heterocycles. The lowest BCUT2D eigenvalue weighted by atomic mass is 10.0. The van der Waals surface area contributed by atoms with E-state index < -0.39 is 0 Å². The Morgan fingerprint density at radius 1 is 0.933 bits per heavy atom. The zero-order chi connectivity index (χ0) is 20.9. The second-order valence-corrected chi connectivity index (χ2v) is 7.30. The zero-order valence-corrected chi connectivity index (χ0v) is 16.8. The number of aromatic hydroxyl groups is 1. The summed E-state index contributed by atoms with van der Waals surface area (Å²) in [7, 11) is 1.73. The summed E-state index contributed by atoms with van der Waals surface area (Å²) in [4.78, 5) is 14.6. The molecule has 0 atom stereocenters. The van der Waals surface area contributed by atoms with Crippen LogP contribution in [0.3, 0.4) is 0 Å². The number of aromatic nitrogens is 2. The fraction of sp³-hybridized carbons (Fsp3) is 0.120. The topological polar surface area (TPSA) is 58.4 Å². The minimum atomic E-state index is -0.227. The Balaban J connectivity index is 1.48. The SMILES string of the molecule is CN(Cc1cnn(-c2ccccc2)c1)C(=O)c1cc(Cc2ccccc2)ccc1O. The number of nitrogens with zero attached hydrogens (tertiary/aromatic N) is 3. The van der Waals surface area contributed by atoms with Gasteiger partial charge in [-0.2, -0.15) is 5.10 Å². The van der Waals surface area contributed by atoms with Crippen molar-refractivity contribution in [2.24, 2.45) is 0 Å². The molecule has 150 valence electrons. The van der Waals surface area contributed by atoms with Crippen LogP contribution in [-0.4, -0.2) is 32.7 Å². The van der Waals surface area contributed by atoms with E-state index >= 15 is 0 Å². The maximum absolute atomic E-state index is 13.0. The molecule has 0 unspecified atom stereocenters. The van der Waals surface area contributed by atoms with Crippen LogP contribution >= 0.6 is 0 Å². The summed E-state index contributed by atoms with van der Waals surface area (Å²) in [5.41, 5.74) is 4.32. The number of hydrogen-bond acceptors (Lipinski definition) is 3. The second kappa shape index (κ2) is 8.66. The van der Waals surface area contributed by atoms with Crippen LogP contribution in [0, 0.1) is 0 Å². The van der Waals surface area contributed by atoms with Crippen LogP contribution in [0.5, 0.6) is 5.75 Å². The number of para-hydroxylation sites is 1. The van der Waals surface area contributed by atoms with Gasteiger partial charge in [0.05, 0.1) is 17.4 Å². The molecule has 30 heavy (non-hydrogen) atoms. The van der Waals surface area contributed by atoms with E-state index in [-0.39, 0.29) is 11.7 Å². The molecule has 5 heteroatoms. The Labute approximate surface area is 175 Å². The molecule has 0 bridgehead atoms. The zero-order valence-electron chi connectivity index (χ0n) is 16.8. The van der Waals surface area contributed by atoms with E-state index in [1.54, 1.807) is 35.0 Å². The lowest BCUT2D eigenvalue weighted by Crippen LogP contribution is -2.26. The monoisotopic (exact) mass is 397 g/mol. The number of rotatable bonds is 6. The van der Waals surface area contributed by atoms with Crippen molar-refractivity contribution in [2.75, 3.05) is 7.05 Å². The number of hydrogen-bond donors (Lipinski definition) is 1. The number of benzene rings is 3. The molecule has 0 aliphatic rings. The van der Waals surface area contributed by atoms with E-state index in [2.05, 4.69) is 5.10 Å². The van der Waals surface area contributed by atoms with Gasteiger partial charge in [0, 0.05) is 25.4 Å². The fourth-order valence-corrected chi connectivity index (χ4v) is 3.41. The largest absolute Gasteiger partial charge is 0.507 e. The van der Waals surface area contributed by atoms with E-state index in [1.165, 1.54) is 0 Å². The van der Waals surface area contributed by atoms with Gasteiger partial charge in [-0.15, -0.1) is 0 Å². The highest BCUT2D eigenvalue weighted by Crippen LogP contribution is 2.22. The van der Waals surface area contributed by atoms with Gasteiger partial charge in [-0.1, -0.05) is 54.6 Å². The van der Waals surface area contributed by atoms with Crippen molar-refractivity contribution in [3.8, 4) is 11.4 Å². The Kier molecular flexibility index (Phi) is 5.61. The van der Waals surface area contributed by atoms with Crippen molar-refractivity contribution < 1.29 is 9.90 Å². The molecule has 4 rings (SSSR count). The summed E-state index contributed by atoms with van der Waals surface area (Å²) in [5, 5.41) is 14.7. The third-order valence-electron chi connectivity index (χ3n) is 4.97. The Bertz CT molecular complexity index is 1140. The summed E-state index contributed by atoms with van der Waals surface area (Å²) in [5.74, 6) is -0.237. The quantitative estimate of drug-likeness (QED) is 0.523. The van der Waals surface area contributed by atoms with Crippen molar-refractivity contribution in [3.05, 3.63) is 114 Å². The third kappa shape index (κ3) is 4.41. The maximum atomic E-state index is 13.0. The van der Waals surface area contributed by atoms with Gasteiger partial charge in [-0.25, -0.2) is 4.68 Å². The molecule has 0 spiro atoms. The first kappa shape index (κ1) is 19.5. The van der Waals surface area contributed by atoms with Crippen LogP contribution in [0.4, 0.5) is 0 Å². The number of carbonyl (C=O) groups excluding carboxylic acids is 1. The summed E-state index contributed by atoms with van der Waals surface area (Å²) in [6.45, 7) is 0.397. The van der Waals surface area contributed by atoms with Gasteiger partial charge in [0.15, 0.2) is 0 Å². The number of carbonyl (C=O) groups is 1. The van der Waals surface area contributed by atoms with Crippen molar-refractivity contribution in [1.29, 1.82) is 0 Å². The van der Waals surface area contributed by atoms with Crippen molar-refractivity contribution in [1.82, 2.24) is 14.7 Å². The first-order valence-electron chi connectivity index (χ1n) is 9.80. The van der Waals surface area contributed by atoms with Gasteiger partial charge in [0.2, 0.25) is 0 Å². The molecule has 1 amide bonds. The van der Waals surface area contributed by atoms with Crippen molar-refractivity contribution in [3.63, 3.8) is 0 Å². The standard InChI is InChI=1S/C25H23N3O2/c1-27(17-21-16-26-28(18-21)22-10-6-3-7-11-22)25(30)23-15-20(12-13-24(23)29)14-19-8-4-2-5-9-19/h2-13,15-16,18,29H,14,17H2,1H3. The fourth-order valence-electron chi connectivity index (χ4n) is 3.41. The molecule has 0 fully saturated rings. The molecule has 0 saturated heterocycles. The molecule has 1 aromatic heterocycles. The number of phenols is 1. The van der Waals surface area contributed by atoms with E-state index in [0.717, 1.165) is 22.4 Å². The molecule has 0 radical (unpaired) electrons. The predicted octanol–water partition coefficient (Wildman–Crippen LogP) is 4.44. The maximum Gasteiger partial charge on any atom is 0.257 e. The van der Waals surface area contributed by atoms with Crippen molar-refractivity contribution in [2.45, 2.75) is 13.0 Å². The molecular weight excluding hydrogens is 374 g/mol. The highest BCUT2D eigenvalue weighted by atomic mass is 16.3. The normalized spacial score (nSPS) is 10.7. The predicted molar refractivity (Wildman–Crippen MR) is 117 cm³/mol. The third-order valence-corrected chi connectivity index (χ3v) is 4.97. The molecule has 0 aliphatic carbocycles. The molecule has 5 nitrogen and oxygen atoms in total. The van der Waals surface area contributed by atoms with E-state index in [1.807, 2.05) is 72.9 Å². The lowest BCUT2D eigenvalue weighted by molar-refractivity contribution is 0.0782. The first-order chi connectivity index (χ1) is 14.6. The van der Waals surface area contributed by atoms with Gasteiger partial charge in [0.1, 0.15) is 5.75 Å². The highest BCUT2D eigenvalue weighted by Gasteiger charge is 2.17. The molecule has 0 saturated carbocycles. The van der Waals surface area contributed by atoms with Gasteiger partial charge >= 0.3 is 0 Å². The van der Waals surface area contributed by atoms with Crippen molar-refractivity contribution >= 4 is 5.91 Å². The highest BCUT2D eigenvalue weighted by molar-refractivity contribution is 5.96. The van der Waals surface area contributed by atoms with Gasteiger partial charge in [0.25, 0.3) is 5.91 Å². The van der Waals surface area contributed by atoms with Crippen LogP contribution in [0.1, 0.15) is 27.0 Å². The van der Waals surface area contributed by atoms with Crippen LogP contribution in [0.15, 0.2) is 91.3 Å². The minimum Gasteiger partial charge on any atom is -0.507 e. The average Bonchev–Trinajstić information content (AvgIpc) is 3.24. The van der Waals surface area contributed by atoms with Gasteiger partial charge < -0.3 is 10.0 Å². The molecule has 1 N–H and O–H groups in total. The summed E-state index contributed by atoms with van der Waals surface area (Å²) >= 11 is 0. The number of phenolic OH excluding ortho intramolecular Hbond substituents is 1. The van der Waals surface area contributed by atoms with Crippen LogP contribution in [0.2, 0.25) is 0 Å². The summed E-state index contributed by atoms with van der Waals surface area (Å²) in [6, 6.07) is 25.1. The smallest absolute Gasteiger partial charge is 0.257 e. The average molecular weight is 397 g/mol. The Morgan fingerprint density at radius 2 is 1.63 bits per heavy atom. The molecule has 3 aromatic carbocycles. The van der Waals surface area contributed by atoms with Crippen LogP contribution in [0.25, 0.3) is 5.69 Å². The van der Waals surface area contributed by atoms with E-state index in [4.69, 9.17) is 0 Å². The lowest BCUT2D eigenvalue weighted by Gasteiger charge is -2.17. The Morgan fingerprint density at radius 3 is 2.37 bits per heavy atom. The number of amides is 1. The summed E-state index contributed by atoms with van der Waals surface area (Å²) in [6.07, 6.45) is 4.36. The molecule has 0 aliphatic heterocycles. The van der Waals surface area contributed by atoms with Crippen LogP contribution < -0.4 is 0 Å². The molecule has 4 aromatic rings. The second-order valence-electron chi connectivity index (χ2n) is 7.30. The van der Waals surface area contributed by atoms with Crippen LogP contribution in [-0.2, 0) is 13.0 Å². The van der Waals surface area contributed by atoms with Gasteiger partial charge in [-0.05, 0) is 41.8 Å². The first-order valence-corrected chi connectivity index (χ1v) is 9.80. The van der Waals surface area contributed by atoms with Gasteiger partial charge in [-0.3, -0.25) is 4.79 Å². The van der Waals surface area contributed by atoms with E-state index in [9.17, 15) is 9.90 Å². The minimum absolute atomic E-state index is 0.0105. The molecular formula is C25H23N3O2. The van der Waals surface area contributed by atoms with E-state index in [0.29, 0.717) is 18.5 Å². The Hall–Kier alpha value is -3.86.